The van der Waals surface area contributed by atoms with E-state index >= 15 is 0 Å². The van der Waals surface area contributed by atoms with Gasteiger partial charge in [0.05, 0.1) is 11.9 Å². The van der Waals surface area contributed by atoms with Crippen LogP contribution in [0.2, 0.25) is 0 Å². The fourth-order valence-corrected chi connectivity index (χ4v) is 1.28. The molecule has 6 heteroatoms. The first-order valence-electron chi connectivity index (χ1n) is 5.23. The lowest BCUT2D eigenvalue weighted by Gasteiger charge is -2.24. The van der Waals surface area contributed by atoms with Gasteiger partial charge in [-0.2, -0.15) is 0 Å². The van der Waals surface area contributed by atoms with E-state index in [1.54, 1.807) is 20.8 Å². The maximum Gasteiger partial charge on any atom is 0.323 e. The van der Waals surface area contributed by atoms with Crippen LogP contribution in [0.4, 0.5) is 0 Å². The Balaban J connectivity index is 2.91. The van der Waals surface area contributed by atoms with Gasteiger partial charge in [-0.3, -0.25) is 14.6 Å². The van der Waals surface area contributed by atoms with Crippen LogP contribution in [0, 0.1) is 6.92 Å². The number of nitrogens with zero attached hydrogens (tertiary/aromatic N) is 3. The smallest absolute Gasteiger partial charge is 0.323 e. The van der Waals surface area contributed by atoms with Crippen LogP contribution >= 0.6 is 0 Å². The second-order valence-electron chi connectivity index (χ2n) is 3.96. The second kappa shape index (κ2) is 5.38. The lowest BCUT2D eigenvalue weighted by atomic mass is 10.2. The number of amides is 1. The minimum Gasteiger partial charge on any atom is -0.480 e. The summed E-state index contributed by atoms with van der Waals surface area (Å²) in [5.74, 6) is -1.47. The number of aromatic nitrogens is 2. The first-order chi connectivity index (χ1) is 7.91. The standard InChI is InChI=1S/C11H15N3O3/c1-7(2)14(6-10(15)16)11(17)9-5-12-8(3)4-13-9/h4-5,7H,6H2,1-3H3,(H,15,16). The Hall–Kier alpha value is -1.98. The van der Waals surface area contributed by atoms with Crippen LogP contribution in [0.1, 0.15) is 30.0 Å². The van der Waals surface area contributed by atoms with Crippen molar-refractivity contribution in [1.29, 1.82) is 0 Å². The van der Waals surface area contributed by atoms with E-state index in [4.69, 9.17) is 5.11 Å². The predicted molar refractivity (Wildman–Crippen MR) is 60.6 cm³/mol. The summed E-state index contributed by atoms with van der Waals surface area (Å²) in [4.78, 5) is 31.8. The Kier molecular flexibility index (Phi) is 4.14. The highest BCUT2D eigenvalue weighted by molar-refractivity contribution is 5.94. The number of carboxylic acids is 1. The van der Waals surface area contributed by atoms with Crippen molar-refractivity contribution < 1.29 is 14.7 Å². The third-order valence-electron chi connectivity index (χ3n) is 2.19. The fourth-order valence-electron chi connectivity index (χ4n) is 1.28. The molecule has 0 spiro atoms. The molecule has 0 atom stereocenters. The SMILES string of the molecule is Cc1cnc(C(=O)N(CC(=O)O)C(C)C)cn1. The van der Waals surface area contributed by atoms with Crippen LogP contribution in [-0.2, 0) is 4.79 Å². The molecule has 0 bridgehead atoms. The van der Waals surface area contributed by atoms with Gasteiger partial charge in [-0.25, -0.2) is 4.98 Å². The van der Waals surface area contributed by atoms with Gasteiger partial charge in [0.2, 0.25) is 0 Å². The lowest BCUT2D eigenvalue weighted by Crippen LogP contribution is -2.41. The molecule has 0 saturated heterocycles. The van der Waals surface area contributed by atoms with Crippen LogP contribution in [0.25, 0.3) is 0 Å². The van der Waals surface area contributed by atoms with Gasteiger partial charge in [0, 0.05) is 12.2 Å². The number of aliphatic carboxylic acids is 1. The Morgan fingerprint density at radius 2 is 2.00 bits per heavy atom. The molecule has 0 aliphatic heterocycles. The first kappa shape index (κ1) is 13.1. The highest BCUT2D eigenvalue weighted by atomic mass is 16.4. The summed E-state index contributed by atoms with van der Waals surface area (Å²) < 4.78 is 0. The van der Waals surface area contributed by atoms with Crippen molar-refractivity contribution in [2.45, 2.75) is 26.8 Å². The summed E-state index contributed by atoms with van der Waals surface area (Å²) in [5.41, 5.74) is 0.862. The van der Waals surface area contributed by atoms with Gasteiger partial charge in [-0.15, -0.1) is 0 Å². The molecule has 0 fully saturated rings. The maximum atomic E-state index is 12.0. The molecule has 0 aliphatic carbocycles. The van der Waals surface area contributed by atoms with Crippen LogP contribution in [0.3, 0.4) is 0 Å². The Morgan fingerprint density at radius 3 is 2.41 bits per heavy atom. The number of rotatable bonds is 4. The van der Waals surface area contributed by atoms with Crippen LogP contribution in [-0.4, -0.2) is 44.4 Å². The molecular weight excluding hydrogens is 222 g/mol. The van der Waals surface area contributed by atoms with Gasteiger partial charge < -0.3 is 10.0 Å². The quantitative estimate of drug-likeness (QED) is 0.834. The molecule has 0 radical (unpaired) electrons. The predicted octanol–water partition coefficient (Wildman–Crippen LogP) is 0.720. The molecule has 92 valence electrons. The summed E-state index contributed by atoms with van der Waals surface area (Å²) in [5, 5.41) is 8.74. The number of carbonyl (C=O) groups is 2. The molecule has 0 saturated carbocycles. The van der Waals surface area contributed by atoms with E-state index in [0.717, 1.165) is 0 Å². The molecule has 1 amide bonds. The zero-order valence-corrected chi connectivity index (χ0v) is 10.0. The molecular formula is C11H15N3O3. The summed E-state index contributed by atoms with van der Waals surface area (Å²) in [6, 6.07) is -0.207. The number of hydrogen-bond acceptors (Lipinski definition) is 4. The van der Waals surface area contributed by atoms with Gasteiger partial charge in [-0.05, 0) is 20.8 Å². The minimum atomic E-state index is -1.05. The van der Waals surface area contributed by atoms with Gasteiger partial charge >= 0.3 is 5.97 Å². The van der Waals surface area contributed by atoms with Crippen molar-refractivity contribution in [2.24, 2.45) is 0 Å². The molecule has 1 aromatic heterocycles. The molecule has 1 rings (SSSR count). The number of carboxylic acid groups (broad SMARTS) is 1. The largest absolute Gasteiger partial charge is 0.480 e. The number of aryl methyl sites for hydroxylation is 1. The summed E-state index contributed by atoms with van der Waals surface area (Å²) in [6.45, 7) is 4.93. The Labute approximate surface area is 99.3 Å². The van der Waals surface area contributed by atoms with E-state index in [-0.39, 0.29) is 18.3 Å². The van der Waals surface area contributed by atoms with Crippen molar-refractivity contribution in [3.63, 3.8) is 0 Å². The van der Waals surface area contributed by atoms with Gasteiger partial charge in [0.15, 0.2) is 0 Å². The van der Waals surface area contributed by atoms with Crippen molar-refractivity contribution in [3.05, 3.63) is 23.8 Å². The third-order valence-corrected chi connectivity index (χ3v) is 2.19. The zero-order chi connectivity index (χ0) is 13.0. The van der Waals surface area contributed by atoms with E-state index in [2.05, 4.69) is 9.97 Å². The number of carbonyl (C=O) groups excluding carboxylic acids is 1. The number of hydrogen-bond donors (Lipinski definition) is 1. The van der Waals surface area contributed by atoms with Crippen molar-refractivity contribution in [1.82, 2.24) is 14.9 Å². The maximum absolute atomic E-state index is 12.0. The van der Waals surface area contributed by atoms with Gasteiger partial charge in [-0.1, -0.05) is 0 Å². The average Bonchev–Trinajstić information content (AvgIpc) is 2.25. The molecule has 1 heterocycles. The first-order valence-corrected chi connectivity index (χ1v) is 5.23. The monoisotopic (exact) mass is 237 g/mol. The average molecular weight is 237 g/mol. The molecule has 1 aromatic rings. The minimum absolute atomic E-state index is 0.158. The summed E-state index contributed by atoms with van der Waals surface area (Å²) >= 11 is 0. The molecule has 6 nitrogen and oxygen atoms in total. The Morgan fingerprint density at radius 1 is 1.35 bits per heavy atom. The lowest BCUT2D eigenvalue weighted by molar-refractivity contribution is -0.138. The van der Waals surface area contributed by atoms with Crippen LogP contribution in [0.15, 0.2) is 12.4 Å². The van der Waals surface area contributed by atoms with Crippen molar-refractivity contribution in [3.8, 4) is 0 Å². The second-order valence-corrected chi connectivity index (χ2v) is 3.96. The zero-order valence-electron chi connectivity index (χ0n) is 10.0. The van der Waals surface area contributed by atoms with Gasteiger partial charge in [0.1, 0.15) is 12.2 Å². The van der Waals surface area contributed by atoms with E-state index in [1.165, 1.54) is 17.3 Å². The van der Waals surface area contributed by atoms with Crippen molar-refractivity contribution in [2.75, 3.05) is 6.54 Å². The van der Waals surface area contributed by atoms with E-state index in [1.807, 2.05) is 0 Å². The summed E-state index contributed by atoms with van der Waals surface area (Å²) in [7, 11) is 0. The summed E-state index contributed by atoms with van der Waals surface area (Å²) in [6.07, 6.45) is 2.83. The topological polar surface area (TPSA) is 83.4 Å². The molecule has 0 aromatic carbocycles. The highest BCUT2D eigenvalue weighted by Gasteiger charge is 2.22. The molecule has 0 unspecified atom stereocenters. The van der Waals surface area contributed by atoms with E-state index in [0.29, 0.717) is 5.69 Å². The van der Waals surface area contributed by atoms with Crippen LogP contribution in [0.5, 0.6) is 0 Å². The van der Waals surface area contributed by atoms with Gasteiger partial charge in [0.25, 0.3) is 5.91 Å². The molecule has 1 N–H and O–H groups in total. The van der Waals surface area contributed by atoms with E-state index in [9.17, 15) is 9.59 Å². The van der Waals surface area contributed by atoms with Crippen LogP contribution < -0.4 is 0 Å². The normalized spacial score (nSPS) is 10.4. The molecule has 0 aliphatic rings. The molecule has 17 heavy (non-hydrogen) atoms. The van der Waals surface area contributed by atoms with Crippen molar-refractivity contribution >= 4 is 11.9 Å². The highest BCUT2D eigenvalue weighted by Crippen LogP contribution is 2.05. The Bertz CT molecular complexity index is 414. The fraction of sp³-hybridized carbons (Fsp3) is 0.455. The van der Waals surface area contributed by atoms with E-state index < -0.39 is 11.9 Å². The third kappa shape index (κ3) is 3.51.